The number of aromatic nitrogens is 3. The van der Waals surface area contributed by atoms with Gasteiger partial charge in [0.05, 0.1) is 30.3 Å². The molecule has 1 atom stereocenters. The number of aromatic amines is 1. The maximum absolute atomic E-state index is 13.1. The highest BCUT2D eigenvalue weighted by Crippen LogP contribution is 2.56. The van der Waals surface area contributed by atoms with Gasteiger partial charge in [-0.1, -0.05) is 66.7 Å². The monoisotopic (exact) mass is 563 g/mol. The summed E-state index contributed by atoms with van der Waals surface area (Å²) in [6, 6.07) is 23.2. The number of carboxylic acid groups (broad SMARTS) is 1. The van der Waals surface area contributed by atoms with Crippen LogP contribution in [-0.2, 0) is 5.54 Å². The molecule has 0 spiro atoms. The van der Waals surface area contributed by atoms with Crippen LogP contribution in [0.5, 0.6) is 0 Å². The molecule has 0 fully saturated rings. The number of nitrogens with zero attached hydrogens (tertiary/aromatic N) is 3. The molecule has 0 bridgehead atoms. The third-order valence-corrected chi connectivity index (χ3v) is 8.17. The number of benzene rings is 3. The van der Waals surface area contributed by atoms with Crippen molar-refractivity contribution in [3.8, 4) is 11.1 Å². The molecule has 1 aliphatic carbocycles. The Hall–Kier alpha value is -5.06. The number of H-pyrrole nitrogens is 1. The summed E-state index contributed by atoms with van der Waals surface area (Å²) in [5.74, 6) is -0.656. The maximum atomic E-state index is 13.1. The summed E-state index contributed by atoms with van der Waals surface area (Å²) >= 11 is 0. The fraction of sp³-hybridized carbons (Fsp3) is 0.188. The third kappa shape index (κ3) is 4.20. The largest absolute Gasteiger partial charge is 0.465 e. The number of fused-ring (bicyclic) bond motifs is 4. The van der Waals surface area contributed by atoms with Crippen LogP contribution in [0.4, 0.5) is 10.6 Å². The molecular weight excluding hydrogens is 534 g/mol. The summed E-state index contributed by atoms with van der Waals surface area (Å²) in [4.78, 5) is 39.2. The van der Waals surface area contributed by atoms with Crippen LogP contribution in [0.25, 0.3) is 22.2 Å². The van der Waals surface area contributed by atoms with E-state index in [0.29, 0.717) is 22.2 Å². The lowest BCUT2D eigenvalue weighted by molar-refractivity contribution is 0.000445. The van der Waals surface area contributed by atoms with Crippen molar-refractivity contribution in [1.29, 1.82) is 0 Å². The molecule has 3 aromatic carbocycles. The first-order valence-corrected chi connectivity index (χ1v) is 13.5. The predicted molar refractivity (Wildman–Crippen MR) is 157 cm³/mol. The van der Waals surface area contributed by atoms with Gasteiger partial charge in [0.25, 0.3) is 5.91 Å². The molecule has 0 radical (unpaired) electrons. The summed E-state index contributed by atoms with van der Waals surface area (Å²) in [5, 5.41) is 34.0. The van der Waals surface area contributed by atoms with Crippen LogP contribution < -0.4 is 5.32 Å². The molecule has 42 heavy (non-hydrogen) atoms. The zero-order valence-corrected chi connectivity index (χ0v) is 22.7. The van der Waals surface area contributed by atoms with E-state index in [1.165, 1.54) is 6.33 Å². The number of aliphatic hydroxyl groups excluding tert-OH is 2. The van der Waals surface area contributed by atoms with Crippen LogP contribution >= 0.6 is 0 Å². The van der Waals surface area contributed by atoms with E-state index in [-0.39, 0.29) is 11.7 Å². The summed E-state index contributed by atoms with van der Waals surface area (Å²) < 4.78 is 0. The van der Waals surface area contributed by atoms with Gasteiger partial charge >= 0.3 is 6.09 Å². The highest BCUT2D eigenvalue weighted by molar-refractivity contribution is 6.07. The van der Waals surface area contributed by atoms with Gasteiger partial charge in [0.2, 0.25) is 0 Å². The Bertz CT molecular complexity index is 1740. The first kappa shape index (κ1) is 27.1. The molecule has 5 aromatic rings. The van der Waals surface area contributed by atoms with Gasteiger partial charge in [0, 0.05) is 23.2 Å². The SMILES string of the molecule is CC(c1c[nH]c2c(NC(=O)c3ccccc3)ncnc12)(C1c2ccccc2-c2ccccc21)N(C(=O)O)C(CO)CO. The van der Waals surface area contributed by atoms with Crippen molar-refractivity contribution in [1.82, 2.24) is 19.9 Å². The molecule has 0 aliphatic heterocycles. The molecular formula is C32H29N5O5. The highest BCUT2D eigenvalue weighted by atomic mass is 16.4. The Morgan fingerprint density at radius 1 is 0.929 bits per heavy atom. The fourth-order valence-electron chi connectivity index (χ4n) is 6.33. The Kier molecular flexibility index (Phi) is 6.93. The minimum atomic E-state index is -1.39. The maximum Gasteiger partial charge on any atom is 0.408 e. The topological polar surface area (TPSA) is 152 Å². The molecule has 212 valence electrons. The van der Waals surface area contributed by atoms with Gasteiger partial charge in [-0.3, -0.25) is 9.69 Å². The molecule has 0 saturated heterocycles. The normalized spacial score (nSPS) is 13.9. The molecule has 2 aromatic heterocycles. The molecule has 5 N–H and O–H groups in total. The van der Waals surface area contributed by atoms with Gasteiger partial charge in [-0.25, -0.2) is 14.8 Å². The number of hydrogen-bond acceptors (Lipinski definition) is 6. The third-order valence-electron chi connectivity index (χ3n) is 8.17. The number of carbonyl (C=O) groups excluding carboxylic acids is 1. The molecule has 2 amide bonds. The molecule has 10 heteroatoms. The number of carbonyl (C=O) groups is 2. The van der Waals surface area contributed by atoms with Crippen molar-refractivity contribution in [3.63, 3.8) is 0 Å². The zero-order chi connectivity index (χ0) is 29.4. The standard InChI is InChI=1S/C32H29N5O5/c1-32(37(31(41)42)20(16-38)17-39,26-23-13-7-5-11-21(23)22-12-6-8-14-24(22)26)25-15-33-28-27(25)34-18-35-29(28)36-30(40)19-9-3-2-4-10-19/h2-15,18,20,26,33,38-39H,16-17H2,1H3,(H,41,42)(H,34,35,36,40). The molecule has 6 rings (SSSR count). The Morgan fingerprint density at radius 3 is 2.12 bits per heavy atom. The number of hydrogen-bond donors (Lipinski definition) is 5. The Morgan fingerprint density at radius 2 is 1.52 bits per heavy atom. The lowest BCUT2D eigenvalue weighted by Crippen LogP contribution is -2.57. The van der Waals surface area contributed by atoms with Gasteiger partial charge in [-0.2, -0.15) is 0 Å². The van der Waals surface area contributed by atoms with Crippen LogP contribution in [0.3, 0.4) is 0 Å². The molecule has 0 saturated carbocycles. The number of aliphatic hydroxyl groups is 2. The van der Waals surface area contributed by atoms with Crippen LogP contribution in [0.1, 0.15) is 39.9 Å². The van der Waals surface area contributed by atoms with Crippen molar-refractivity contribution in [2.24, 2.45) is 0 Å². The van der Waals surface area contributed by atoms with E-state index >= 15 is 0 Å². The number of rotatable bonds is 8. The minimum Gasteiger partial charge on any atom is -0.465 e. The van der Waals surface area contributed by atoms with Crippen molar-refractivity contribution in [2.45, 2.75) is 24.4 Å². The average molecular weight is 564 g/mol. The van der Waals surface area contributed by atoms with Crippen molar-refractivity contribution >= 4 is 28.9 Å². The van der Waals surface area contributed by atoms with Gasteiger partial charge in [-0.15, -0.1) is 0 Å². The number of anilines is 1. The summed E-state index contributed by atoms with van der Waals surface area (Å²) in [7, 11) is 0. The first-order valence-electron chi connectivity index (χ1n) is 13.5. The molecule has 1 aliphatic rings. The van der Waals surface area contributed by atoms with Gasteiger partial charge in [0.1, 0.15) is 11.8 Å². The van der Waals surface area contributed by atoms with Crippen LogP contribution in [0.2, 0.25) is 0 Å². The van der Waals surface area contributed by atoms with Crippen LogP contribution in [0, 0.1) is 0 Å². The average Bonchev–Trinajstić information content (AvgIpc) is 3.61. The smallest absolute Gasteiger partial charge is 0.408 e. The quantitative estimate of drug-likeness (QED) is 0.185. The van der Waals surface area contributed by atoms with E-state index in [1.54, 1.807) is 37.4 Å². The number of amides is 2. The Labute approximate surface area is 241 Å². The molecule has 1 unspecified atom stereocenters. The van der Waals surface area contributed by atoms with Crippen LogP contribution in [0.15, 0.2) is 91.4 Å². The minimum absolute atomic E-state index is 0.234. The van der Waals surface area contributed by atoms with E-state index in [0.717, 1.165) is 27.2 Å². The lowest BCUT2D eigenvalue weighted by atomic mass is 9.73. The van der Waals surface area contributed by atoms with E-state index < -0.39 is 36.8 Å². The van der Waals surface area contributed by atoms with E-state index in [1.807, 2.05) is 54.6 Å². The summed E-state index contributed by atoms with van der Waals surface area (Å²) in [6.07, 6.45) is 1.68. The van der Waals surface area contributed by atoms with E-state index in [4.69, 9.17) is 0 Å². The van der Waals surface area contributed by atoms with Crippen molar-refractivity contribution in [2.75, 3.05) is 18.5 Å². The van der Waals surface area contributed by atoms with Crippen molar-refractivity contribution < 1.29 is 24.9 Å². The number of nitrogens with one attached hydrogen (secondary N) is 2. The predicted octanol–water partition coefficient (Wildman–Crippen LogP) is 4.57. The second-order valence-electron chi connectivity index (χ2n) is 10.4. The second kappa shape index (κ2) is 10.7. The first-order chi connectivity index (χ1) is 20.4. The Balaban J connectivity index is 1.58. The van der Waals surface area contributed by atoms with E-state index in [2.05, 4.69) is 20.3 Å². The van der Waals surface area contributed by atoms with Crippen LogP contribution in [-0.4, -0.2) is 66.4 Å². The molecule has 2 heterocycles. The lowest BCUT2D eigenvalue weighted by Gasteiger charge is -2.47. The molecule has 10 nitrogen and oxygen atoms in total. The second-order valence-corrected chi connectivity index (χ2v) is 10.4. The van der Waals surface area contributed by atoms with Gasteiger partial charge < -0.3 is 25.6 Å². The fourth-order valence-corrected chi connectivity index (χ4v) is 6.33. The van der Waals surface area contributed by atoms with E-state index in [9.17, 15) is 24.9 Å². The zero-order valence-electron chi connectivity index (χ0n) is 22.7. The van der Waals surface area contributed by atoms with Gasteiger partial charge in [-0.05, 0) is 41.3 Å². The summed E-state index contributed by atoms with van der Waals surface area (Å²) in [6.45, 7) is 0.601. The highest BCUT2D eigenvalue weighted by Gasteiger charge is 2.52. The summed E-state index contributed by atoms with van der Waals surface area (Å²) in [5.41, 5.74) is 4.14. The van der Waals surface area contributed by atoms with Gasteiger partial charge in [0.15, 0.2) is 5.82 Å². The van der Waals surface area contributed by atoms with Crippen molar-refractivity contribution in [3.05, 3.63) is 114 Å².